The van der Waals surface area contributed by atoms with Crippen LogP contribution in [0.2, 0.25) is 0 Å². The summed E-state index contributed by atoms with van der Waals surface area (Å²) in [5.74, 6) is 1.44. The minimum Gasteiger partial charge on any atom is -0.379 e. The van der Waals surface area contributed by atoms with Gasteiger partial charge in [-0.25, -0.2) is 4.79 Å². The quantitative estimate of drug-likeness (QED) is 0.328. The lowest BCUT2D eigenvalue weighted by atomic mass is 9.92. The lowest BCUT2D eigenvalue weighted by molar-refractivity contribution is 0.00272. The van der Waals surface area contributed by atoms with E-state index >= 15 is 0 Å². The molecule has 180 valence electrons. The molecule has 1 unspecified atom stereocenters. The zero-order chi connectivity index (χ0) is 23.3. The second-order valence-electron chi connectivity index (χ2n) is 8.55. The van der Waals surface area contributed by atoms with Crippen molar-refractivity contribution in [3.05, 3.63) is 29.8 Å². The number of ether oxygens (including phenoxy) is 1. The fraction of sp³-hybridized carbons (Fsp3) is 0.667. The van der Waals surface area contributed by atoms with E-state index < -0.39 is 0 Å². The number of aliphatic imine (C=N–C) groups is 1. The number of hydrogen-bond donors (Lipinski definition) is 4. The summed E-state index contributed by atoms with van der Waals surface area (Å²) in [7, 11) is 1.80. The summed E-state index contributed by atoms with van der Waals surface area (Å²) in [6, 6.07) is 8.21. The van der Waals surface area contributed by atoms with Gasteiger partial charge >= 0.3 is 6.03 Å². The normalized spacial score (nSPS) is 16.2. The molecule has 1 heterocycles. The first kappa shape index (κ1) is 25.9. The van der Waals surface area contributed by atoms with Crippen molar-refractivity contribution in [3.63, 3.8) is 0 Å². The van der Waals surface area contributed by atoms with Gasteiger partial charge in [-0.2, -0.15) is 0 Å². The second kappa shape index (κ2) is 14.0. The number of urea groups is 1. The molecule has 0 aromatic heterocycles. The zero-order valence-electron chi connectivity index (χ0n) is 20.4. The first-order chi connectivity index (χ1) is 15.5. The molecule has 8 heteroatoms. The Hall–Kier alpha value is -2.32. The number of nitrogens with one attached hydrogen (secondary N) is 4. The van der Waals surface area contributed by atoms with Crippen LogP contribution in [0.4, 0.5) is 10.5 Å². The molecule has 8 nitrogen and oxygen atoms in total. The van der Waals surface area contributed by atoms with Crippen LogP contribution >= 0.6 is 0 Å². The zero-order valence-corrected chi connectivity index (χ0v) is 20.4. The van der Waals surface area contributed by atoms with E-state index in [0.717, 1.165) is 50.1 Å². The molecule has 0 bridgehead atoms. The van der Waals surface area contributed by atoms with Crippen LogP contribution in [0.25, 0.3) is 0 Å². The number of guanidine groups is 1. The van der Waals surface area contributed by atoms with Crippen molar-refractivity contribution in [1.82, 2.24) is 20.9 Å². The summed E-state index contributed by atoms with van der Waals surface area (Å²) in [6.45, 7) is 13.5. The van der Waals surface area contributed by atoms with Gasteiger partial charge in [0.05, 0.1) is 13.2 Å². The molecule has 1 aliphatic rings. The molecular formula is C24H42N6O2. The maximum absolute atomic E-state index is 11.8. The standard InChI is InChI=1S/C24H42N6O2/c1-6-20(7-2)22(30-12-14-32-15-13-30)17-27-23(25-5)26-16-19-8-10-21(11-9-19)29-24(31)28-18(3)4/h8-11,18,20,22H,6-7,12-17H2,1-5H3,(H2,25,26,27)(H2,28,29,31). The molecule has 1 fully saturated rings. The SMILES string of the molecule is CCC(CC)C(CNC(=NC)NCc1ccc(NC(=O)NC(C)C)cc1)N1CCOCC1. The highest BCUT2D eigenvalue weighted by Gasteiger charge is 2.27. The highest BCUT2D eigenvalue weighted by molar-refractivity contribution is 5.89. The van der Waals surface area contributed by atoms with Crippen LogP contribution in [0, 0.1) is 5.92 Å². The number of benzene rings is 1. The molecule has 1 saturated heterocycles. The summed E-state index contributed by atoms with van der Waals surface area (Å²) in [6.07, 6.45) is 2.34. The van der Waals surface area contributed by atoms with Gasteiger partial charge in [-0.15, -0.1) is 0 Å². The second-order valence-corrected chi connectivity index (χ2v) is 8.55. The first-order valence-corrected chi connectivity index (χ1v) is 11.9. The average molecular weight is 447 g/mol. The summed E-state index contributed by atoms with van der Waals surface area (Å²) < 4.78 is 5.55. The molecule has 0 spiro atoms. The number of morpholine rings is 1. The lowest BCUT2D eigenvalue weighted by Crippen LogP contribution is -2.53. The van der Waals surface area contributed by atoms with Gasteiger partial charge in [0.15, 0.2) is 5.96 Å². The van der Waals surface area contributed by atoms with Crippen LogP contribution in [0.15, 0.2) is 29.3 Å². The van der Waals surface area contributed by atoms with E-state index in [1.165, 1.54) is 12.8 Å². The molecule has 0 saturated carbocycles. The predicted octanol–water partition coefficient (Wildman–Crippen LogP) is 3.02. The Bertz CT molecular complexity index is 697. The van der Waals surface area contributed by atoms with E-state index in [9.17, 15) is 4.79 Å². The molecular weight excluding hydrogens is 404 g/mol. The molecule has 1 atom stereocenters. The highest BCUT2D eigenvalue weighted by atomic mass is 16.5. The Morgan fingerprint density at radius 3 is 2.31 bits per heavy atom. The fourth-order valence-electron chi connectivity index (χ4n) is 4.08. The smallest absolute Gasteiger partial charge is 0.319 e. The van der Waals surface area contributed by atoms with Crippen LogP contribution in [0.3, 0.4) is 0 Å². The fourth-order valence-corrected chi connectivity index (χ4v) is 4.08. The van der Waals surface area contributed by atoms with E-state index in [-0.39, 0.29) is 12.1 Å². The van der Waals surface area contributed by atoms with Gasteiger partial charge in [0, 0.05) is 51.0 Å². The third-order valence-electron chi connectivity index (χ3n) is 5.90. The number of amides is 2. The Kier molecular flexibility index (Phi) is 11.3. The van der Waals surface area contributed by atoms with E-state index in [0.29, 0.717) is 18.5 Å². The van der Waals surface area contributed by atoms with E-state index in [1.807, 2.05) is 38.1 Å². The minimum absolute atomic E-state index is 0.102. The number of carbonyl (C=O) groups is 1. The molecule has 1 aromatic rings. The predicted molar refractivity (Wildman–Crippen MR) is 132 cm³/mol. The van der Waals surface area contributed by atoms with E-state index in [1.54, 1.807) is 7.05 Å². The molecule has 32 heavy (non-hydrogen) atoms. The molecule has 4 N–H and O–H groups in total. The minimum atomic E-state index is -0.192. The summed E-state index contributed by atoms with van der Waals surface area (Å²) >= 11 is 0. The third-order valence-corrected chi connectivity index (χ3v) is 5.90. The van der Waals surface area contributed by atoms with Gasteiger partial charge in [-0.3, -0.25) is 9.89 Å². The monoisotopic (exact) mass is 446 g/mol. The first-order valence-electron chi connectivity index (χ1n) is 11.9. The molecule has 1 aliphatic heterocycles. The topological polar surface area (TPSA) is 90.0 Å². The van der Waals surface area contributed by atoms with Crippen molar-refractivity contribution in [2.75, 3.05) is 45.2 Å². The maximum atomic E-state index is 11.8. The Morgan fingerprint density at radius 2 is 1.75 bits per heavy atom. The Morgan fingerprint density at radius 1 is 1.09 bits per heavy atom. The van der Waals surface area contributed by atoms with Gasteiger partial charge in [-0.05, 0) is 37.5 Å². The number of nitrogens with zero attached hydrogens (tertiary/aromatic N) is 2. The van der Waals surface area contributed by atoms with Gasteiger partial charge in [0.1, 0.15) is 0 Å². The van der Waals surface area contributed by atoms with Gasteiger partial charge in [-0.1, -0.05) is 38.8 Å². The van der Waals surface area contributed by atoms with Crippen LogP contribution in [0.5, 0.6) is 0 Å². The van der Waals surface area contributed by atoms with Crippen molar-refractivity contribution >= 4 is 17.7 Å². The Balaban J connectivity index is 1.86. The molecule has 0 radical (unpaired) electrons. The molecule has 2 amide bonds. The van der Waals surface area contributed by atoms with Crippen molar-refractivity contribution in [3.8, 4) is 0 Å². The van der Waals surface area contributed by atoms with Crippen LogP contribution < -0.4 is 21.3 Å². The number of rotatable bonds is 10. The molecule has 1 aromatic carbocycles. The summed E-state index contributed by atoms with van der Waals surface area (Å²) in [4.78, 5) is 18.8. The van der Waals surface area contributed by atoms with E-state index in [2.05, 4.69) is 45.0 Å². The van der Waals surface area contributed by atoms with Crippen molar-refractivity contribution in [2.24, 2.45) is 10.9 Å². The summed E-state index contributed by atoms with van der Waals surface area (Å²) in [5, 5.41) is 12.6. The van der Waals surface area contributed by atoms with Gasteiger partial charge in [0.2, 0.25) is 0 Å². The highest BCUT2D eigenvalue weighted by Crippen LogP contribution is 2.19. The average Bonchev–Trinajstić information content (AvgIpc) is 2.79. The van der Waals surface area contributed by atoms with Crippen molar-refractivity contribution in [1.29, 1.82) is 0 Å². The third kappa shape index (κ3) is 8.67. The van der Waals surface area contributed by atoms with Crippen LogP contribution in [-0.2, 0) is 11.3 Å². The molecule has 0 aliphatic carbocycles. The van der Waals surface area contributed by atoms with Crippen molar-refractivity contribution < 1.29 is 9.53 Å². The van der Waals surface area contributed by atoms with Gasteiger partial charge in [0.25, 0.3) is 0 Å². The number of hydrogen-bond acceptors (Lipinski definition) is 4. The Labute approximate surface area is 193 Å². The van der Waals surface area contributed by atoms with Gasteiger partial charge < -0.3 is 26.0 Å². The van der Waals surface area contributed by atoms with Crippen LogP contribution in [-0.4, -0.2) is 68.9 Å². The molecule has 2 rings (SSSR count). The largest absolute Gasteiger partial charge is 0.379 e. The van der Waals surface area contributed by atoms with Crippen LogP contribution in [0.1, 0.15) is 46.1 Å². The summed E-state index contributed by atoms with van der Waals surface area (Å²) in [5.41, 5.74) is 1.89. The van der Waals surface area contributed by atoms with E-state index in [4.69, 9.17) is 4.74 Å². The lowest BCUT2D eigenvalue weighted by Gasteiger charge is -2.39. The maximum Gasteiger partial charge on any atom is 0.319 e. The number of anilines is 1. The van der Waals surface area contributed by atoms with Crippen molar-refractivity contribution in [2.45, 2.75) is 59.2 Å². The number of carbonyl (C=O) groups excluding carboxylic acids is 1.